The van der Waals surface area contributed by atoms with Crippen LogP contribution in [0.1, 0.15) is 30.0 Å². The van der Waals surface area contributed by atoms with Crippen molar-refractivity contribution in [1.82, 2.24) is 14.9 Å². The molecule has 3 aromatic rings. The van der Waals surface area contributed by atoms with Crippen molar-refractivity contribution in [2.24, 2.45) is 0 Å². The molecule has 0 bridgehead atoms. The van der Waals surface area contributed by atoms with Gasteiger partial charge in [0.15, 0.2) is 11.5 Å². The van der Waals surface area contributed by atoms with Crippen LogP contribution >= 0.6 is 0 Å². The Bertz CT molecular complexity index is 1060. The van der Waals surface area contributed by atoms with E-state index in [1.807, 2.05) is 35.8 Å². The second-order valence-electron chi connectivity index (χ2n) is 6.15. The van der Waals surface area contributed by atoms with Gasteiger partial charge in [0.05, 0.1) is 42.3 Å². The van der Waals surface area contributed by atoms with Gasteiger partial charge in [0.2, 0.25) is 0 Å². The summed E-state index contributed by atoms with van der Waals surface area (Å²) >= 11 is 0. The van der Waals surface area contributed by atoms with Crippen LogP contribution in [0.4, 0.5) is 5.69 Å². The molecule has 152 valence electrons. The molecule has 0 spiro atoms. The number of nitrogens with zero attached hydrogens (tertiary/aromatic N) is 3. The van der Waals surface area contributed by atoms with E-state index in [4.69, 9.17) is 9.47 Å². The molecule has 0 aliphatic carbocycles. The van der Waals surface area contributed by atoms with Crippen molar-refractivity contribution in [3.8, 4) is 11.5 Å². The predicted molar refractivity (Wildman–Crippen MR) is 107 cm³/mol. The summed E-state index contributed by atoms with van der Waals surface area (Å²) in [6, 6.07) is 10.2. The Morgan fingerprint density at radius 3 is 2.66 bits per heavy atom. The van der Waals surface area contributed by atoms with Crippen molar-refractivity contribution in [3.05, 3.63) is 57.9 Å². The van der Waals surface area contributed by atoms with E-state index in [0.29, 0.717) is 19.0 Å². The molecule has 29 heavy (non-hydrogen) atoms. The zero-order chi connectivity index (χ0) is 21.0. The van der Waals surface area contributed by atoms with Crippen LogP contribution in [0.25, 0.3) is 11.0 Å². The van der Waals surface area contributed by atoms with Gasteiger partial charge in [0.1, 0.15) is 11.4 Å². The molecule has 0 fully saturated rings. The van der Waals surface area contributed by atoms with Gasteiger partial charge in [-0.05, 0) is 26.0 Å². The number of nitrogens with one attached hydrogen (secondary N) is 1. The van der Waals surface area contributed by atoms with Gasteiger partial charge in [0.25, 0.3) is 11.6 Å². The van der Waals surface area contributed by atoms with Gasteiger partial charge >= 0.3 is 0 Å². The number of carbonyl (C=O) groups is 1. The molecule has 0 aliphatic heterocycles. The zero-order valence-electron chi connectivity index (χ0n) is 16.5. The summed E-state index contributed by atoms with van der Waals surface area (Å²) in [5.41, 5.74) is 1.34. The Hall–Kier alpha value is -3.62. The Morgan fingerprint density at radius 2 is 2.00 bits per heavy atom. The summed E-state index contributed by atoms with van der Waals surface area (Å²) in [5.74, 6) is 0.549. The van der Waals surface area contributed by atoms with E-state index in [1.54, 1.807) is 6.92 Å². The average molecular weight is 398 g/mol. The van der Waals surface area contributed by atoms with Crippen LogP contribution < -0.4 is 14.8 Å². The number of aryl methyl sites for hydroxylation is 1. The minimum atomic E-state index is -0.617. The fourth-order valence-electron chi connectivity index (χ4n) is 3.18. The zero-order valence-corrected chi connectivity index (χ0v) is 16.5. The second kappa shape index (κ2) is 8.59. The first-order valence-corrected chi connectivity index (χ1v) is 9.21. The minimum absolute atomic E-state index is 0.0987. The smallest absolute Gasteiger partial charge is 0.286 e. The van der Waals surface area contributed by atoms with Crippen molar-refractivity contribution in [2.45, 2.75) is 26.9 Å². The normalized spacial score (nSPS) is 10.7. The van der Waals surface area contributed by atoms with Gasteiger partial charge in [0, 0.05) is 12.6 Å². The van der Waals surface area contributed by atoms with Gasteiger partial charge in [-0.25, -0.2) is 4.98 Å². The van der Waals surface area contributed by atoms with E-state index in [2.05, 4.69) is 10.3 Å². The van der Waals surface area contributed by atoms with Gasteiger partial charge in [-0.15, -0.1) is 0 Å². The fourth-order valence-corrected chi connectivity index (χ4v) is 3.18. The molecule has 1 aromatic heterocycles. The summed E-state index contributed by atoms with van der Waals surface area (Å²) in [6.45, 7) is 4.91. The number of hydrogen-bond acceptors (Lipinski definition) is 6. The summed E-state index contributed by atoms with van der Waals surface area (Å²) in [5, 5.41) is 14.2. The molecule has 0 saturated heterocycles. The van der Waals surface area contributed by atoms with Crippen LogP contribution in [-0.2, 0) is 13.1 Å². The van der Waals surface area contributed by atoms with E-state index in [-0.39, 0.29) is 29.3 Å². The summed E-state index contributed by atoms with van der Waals surface area (Å²) in [6.07, 6.45) is 0. The van der Waals surface area contributed by atoms with Crippen molar-refractivity contribution >= 4 is 22.6 Å². The number of nitro groups is 1. The highest BCUT2D eigenvalue weighted by Crippen LogP contribution is 2.34. The lowest BCUT2D eigenvalue weighted by atomic mass is 10.1. The number of carbonyl (C=O) groups excluding carboxylic acids is 1. The highest BCUT2D eigenvalue weighted by atomic mass is 16.6. The number of amides is 1. The second-order valence-corrected chi connectivity index (χ2v) is 6.15. The van der Waals surface area contributed by atoms with Gasteiger partial charge in [-0.2, -0.15) is 0 Å². The largest absolute Gasteiger partial charge is 0.493 e. The van der Waals surface area contributed by atoms with Crippen molar-refractivity contribution in [2.75, 3.05) is 13.7 Å². The molecular weight excluding hydrogens is 376 g/mol. The summed E-state index contributed by atoms with van der Waals surface area (Å²) in [7, 11) is 1.39. The monoisotopic (exact) mass is 398 g/mol. The summed E-state index contributed by atoms with van der Waals surface area (Å²) < 4.78 is 12.6. The Labute approximate surface area is 167 Å². The maximum atomic E-state index is 12.8. The van der Waals surface area contributed by atoms with Crippen LogP contribution in [-0.4, -0.2) is 34.1 Å². The van der Waals surface area contributed by atoms with Gasteiger partial charge in [-0.3, -0.25) is 14.9 Å². The number of para-hydroxylation sites is 2. The Morgan fingerprint density at radius 1 is 1.24 bits per heavy atom. The third-order valence-electron chi connectivity index (χ3n) is 4.48. The molecule has 0 atom stereocenters. The lowest BCUT2D eigenvalue weighted by Gasteiger charge is -2.12. The quantitative estimate of drug-likeness (QED) is 0.461. The van der Waals surface area contributed by atoms with Crippen molar-refractivity contribution in [3.63, 3.8) is 0 Å². The first kappa shape index (κ1) is 20.1. The third-order valence-corrected chi connectivity index (χ3v) is 4.48. The van der Waals surface area contributed by atoms with E-state index in [1.165, 1.54) is 19.2 Å². The van der Waals surface area contributed by atoms with Crippen LogP contribution in [0.3, 0.4) is 0 Å². The molecule has 0 aliphatic rings. The molecular formula is C20H22N4O5. The number of aromatic nitrogens is 2. The van der Waals surface area contributed by atoms with Crippen LogP contribution in [0.15, 0.2) is 36.4 Å². The lowest BCUT2D eigenvalue weighted by molar-refractivity contribution is -0.385. The molecule has 9 nitrogen and oxygen atoms in total. The SMILES string of the molecule is CCOc1cc(C(=O)NCc2nc3ccccc3n2CC)c([N+](=O)[O-])cc1OC. The van der Waals surface area contributed by atoms with Gasteiger partial charge < -0.3 is 19.4 Å². The number of rotatable bonds is 8. The topological polar surface area (TPSA) is 109 Å². The van der Waals surface area contributed by atoms with Crippen molar-refractivity contribution < 1.29 is 19.2 Å². The van der Waals surface area contributed by atoms with Crippen LogP contribution in [0.2, 0.25) is 0 Å². The molecule has 0 saturated carbocycles. The van der Waals surface area contributed by atoms with E-state index >= 15 is 0 Å². The lowest BCUT2D eigenvalue weighted by Crippen LogP contribution is -2.25. The van der Waals surface area contributed by atoms with Gasteiger partial charge in [-0.1, -0.05) is 12.1 Å². The molecule has 9 heteroatoms. The number of ether oxygens (including phenoxy) is 2. The molecule has 2 aromatic carbocycles. The highest BCUT2D eigenvalue weighted by Gasteiger charge is 2.25. The maximum absolute atomic E-state index is 12.8. The fraction of sp³-hybridized carbons (Fsp3) is 0.300. The predicted octanol–water partition coefficient (Wildman–Crippen LogP) is 3.30. The molecule has 3 rings (SSSR count). The van der Waals surface area contributed by atoms with Crippen LogP contribution in [0, 0.1) is 10.1 Å². The number of fused-ring (bicyclic) bond motifs is 1. The average Bonchev–Trinajstić information content (AvgIpc) is 3.09. The molecule has 1 amide bonds. The van der Waals surface area contributed by atoms with E-state index in [9.17, 15) is 14.9 Å². The van der Waals surface area contributed by atoms with Crippen LogP contribution in [0.5, 0.6) is 11.5 Å². The Kier molecular flexibility index (Phi) is 5.96. The number of imidazole rings is 1. The summed E-state index contributed by atoms with van der Waals surface area (Å²) in [4.78, 5) is 28.2. The molecule has 0 unspecified atom stereocenters. The van der Waals surface area contributed by atoms with E-state index in [0.717, 1.165) is 11.0 Å². The standard InChI is InChI=1S/C20H22N4O5/c1-4-23-15-9-7-6-8-14(15)22-19(23)12-21-20(25)13-10-18(29-5-2)17(28-3)11-16(13)24(26)27/h6-11H,4-5,12H2,1-3H3,(H,21,25). The third kappa shape index (κ3) is 3.98. The number of benzene rings is 2. The highest BCUT2D eigenvalue weighted by molar-refractivity contribution is 5.99. The number of nitro benzene ring substituents is 1. The van der Waals surface area contributed by atoms with E-state index < -0.39 is 10.8 Å². The molecule has 1 N–H and O–H groups in total. The van der Waals surface area contributed by atoms with Crippen molar-refractivity contribution in [1.29, 1.82) is 0 Å². The minimum Gasteiger partial charge on any atom is -0.493 e. The first-order chi connectivity index (χ1) is 14.0. The number of methoxy groups -OCH3 is 1. The molecule has 0 radical (unpaired) electrons. The molecule has 1 heterocycles. The Balaban J connectivity index is 1.91. The first-order valence-electron chi connectivity index (χ1n) is 9.21. The number of hydrogen-bond donors (Lipinski definition) is 1. The maximum Gasteiger partial charge on any atom is 0.286 e.